The third kappa shape index (κ3) is 2.98. The quantitative estimate of drug-likeness (QED) is 0.698. The fourth-order valence-electron chi connectivity index (χ4n) is 2.72. The van der Waals surface area contributed by atoms with Gasteiger partial charge in [-0.1, -0.05) is 12.1 Å². The lowest BCUT2D eigenvalue weighted by molar-refractivity contribution is -0.126. The number of benzene rings is 1. The second-order valence-electron chi connectivity index (χ2n) is 5.50. The van der Waals surface area contributed by atoms with Crippen LogP contribution in [0.4, 0.5) is 10.1 Å². The number of allylic oxidation sites excluding steroid dienone is 1. The molecule has 0 fully saturated rings. The summed E-state index contributed by atoms with van der Waals surface area (Å²) in [5.41, 5.74) is 2.25. The highest BCUT2D eigenvalue weighted by Gasteiger charge is 2.28. The Morgan fingerprint density at radius 1 is 1.35 bits per heavy atom. The lowest BCUT2D eigenvalue weighted by Gasteiger charge is -2.20. The summed E-state index contributed by atoms with van der Waals surface area (Å²) in [6, 6.07) is 4.27. The zero-order valence-electron chi connectivity index (χ0n) is 12.6. The van der Waals surface area contributed by atoms with Crippen LogP contribution in [0.15, 0.2) is 43.0 Å². The second-order valence-corrected chi connectivity index (χ2v) is 5.50. The number of halogens is 1. The van der Waals surface area contributed by atoms with Gasteiger partial charge in [-0.25, -0.2) is 14.4 Å². The Hall–Kier alpha value is -2.60. The predicted molar refractivity (Wildman–Crippen MR) is 83.1 cm³/mol. The molecule has 6 heteroatoms. The number of carbonyl (C=O) groups excluding carboxylic acids is 1. The largest absolute Gasteiger partial charge is 0.281 e. The summed E-state index contributed by atoms with van der Waals surface area (Å²) in [6.07, 6.45) is 7.95. The van der Waals surface area contributed by atoms with Gasteiger partial charge in [-0.3, -0.25) is 10.0 Å². The van der Waals surface area contributed by atoms with Crippen molar-refractivity contribution in [2.75, 3.05) is 5.06 Å². The number of anilines is 1. The van der Waals surface area contributed by atoms with E-state index in [1.807, 2.05) is 6.08 Å². The molecule has 0 unspecified atom stereocenters. The van der Waals surface area contributed by atoms with Gasteiger partial charge in [0.2, 0.25) is 0 Å². The van der Waals surface area contributed by atoms with Crippen LogP contribution in [0.3, 0.4) is 0 Å². The van der Waals surface area contributed by atoms with Crippen LogP contribution in [0.1, 0.15) is 24.0 Å². The van der Waals surface area contributed by atoms with E-state index in [-0.39, 0.29) is 11.3 Å². The molecule has 1 atom stereocenters. The number of carbonyl (C=O) groups is 1. The van der Waals surface area contributed by atoms with Crippen molar-refractivity contribution in [2.24, 2.45) is 5.92 Å². The van der Waals surface area contributed by atoms with E-state index in [1.54, 1.807) is 12.4 Å². The zero-order chi connectivity index (χ0) is 16.4. The van der Waals surface area contributed by atoms with Gasteiger partial charge >= 0.3 is 0 Å². The number of amides is 1. The third-order valence-electron chi connectivity index (χ3n) is 4.05. The molecule has 2 aromatic rings. The maximum atomic E-state index is 13.6. The molecule has 5 nitrogen and oxygen atoms in total. The molecule has 23 heavy (non-hydrogen) atoms. The molecular weight excluding hydrogens is 297 g/mol. The van der Waals surface area contributed by atoms with Gasteiger partial charge in [-0.05, 0) is 37.5 Å². The fourth-order valence-corrected chi connectivity index (χ4v) is 2.72. The minimum Gasteiger partial charge on any atom is -0.281 e. The first-order valence-electron chi connectivity index (χ1n) is 7.32. The highest BCUT2D eigenvalue weighted by Crippen LogP contribution is 2.33. The lowest BCUT2D eigenvalue weighted by atomic mass is 10.1. The van der Waals surface area contributed by atoms with E-state index in [2.05, 4.69) is 9.97 Å². The Balaban J connectivity index is 1.81. The SMILES string of the molecule is Cc1c(F)cccc1N(O)C(=O)[C@@H]1C=C(c2cncnc2)CC1. The van der Waals surface area contributed by atoms with Crippen LogP contribution in [0, 0.1) is 18.7 Å². The highest BCUT2D eigenvalue weighted by atomic mass is 19.1. The van der Waals surface area contributed by atoms with Gasteiger partial charge in [-0.2, -0.15) is 5.06 Å². The van der Waals surface area contributed by atoms with Crippen molar-refractivity contribution in [2.45, 2.75) is 19.8 Å². The van der Waals surface area contributed by atoms with Gasteiger partial charge in [-0.15, -0.1) is 0 Å². The molecule has 1 aromatic heterocycles. The van der Waals surface area contributed by atoms with Crippen LogP contribution in [0.2, 0.25) is 0 Å². The number of hydroxylamine groups is 1. The molecule has 0 radical (unpaired) electrons. The van der Waals surface area contributed by atoms with Gasteiger partial charge < -0.3 is 0 Å². The molecule has 0 spiro atoms. The number of aromatic nitrogens is 2. The van der Waals surface area contributed by atoms with Crippen LogP contribution >= 0.6 is 0 Å². The first-order chi connectivity index (χ1) is 11.1. The van der Waals surface area contributed by atoms with Crippen molar-refractivity contribution < 1.29 is 14.4 Å². The average Bonchev–Trinajstić information content (AvgIpc) is 3.07. The maximum absolute atomic E-state index is 13.6. The van der Waals surface area contributed by atoms with Crippen LogP contribution in [0.5, 0.6) is 0 Å². The Kier molecular flexibility index (Phi) is 4.16. The van der Waals surface area contributed by atoms with E-state index in [1.165, 1.54) is 31.5 Å². The second kappa shape index (κ2) is 6.26. The topological polar surface area (TPSA) is 66.3 Å². The fraction of sp³-hybridized carbons (Fsp3) is 0.235. The number of nitrogens with zero attached hydrogens (tertiary/aromatic N) is 3. The number of hydrogen-bond acceptors (Lipinski definition) is 4. The van der Waals surface area contributed by atoms with Crippen molar-refractivity contribution in [3.8, 4) is 0 Å². The predicted octanol–water partition coefficient (Wildman–Crippen LogP) is 3.14. The van der Waals surface area contributed by atoms with Crippen LogP contribution in [0.25, 0.3) is 5.57 Å². The van der Waals surface area contributed by atoms with Crippen molar-refractivity contribution in [1.82, 2.24) is 9.97 Å². The molecule has 0 bridgehead atoms. The standard InChI is InChI=1S/C17H16FN3O2/c1-11-15(18)3-2-4-16(11)21(23)17(22)13-6-5-12(7-13)14-8-19-10-20-9-14/h2-4,7-10,13,23H,5-6H2,1H3/t13-/m0/s1. The lowest BCUT2D eigenvalue weighted by Crippen LogP contribution is -2.32. The molecule has 1 aliphatic carbocycles. The highest BCUT2D eigenvalue weighted by molar-refractivity contribution is 5.96. The summed E-state index contributed by atoms with van der Waals surface area (Å²) in [6.45, 7) is 1.53. The van der Waals surface area contributed by atoms with E-state index in [0.29, 0.717) is 17.9 Å². The first-order valence-corrected chi connectivity index (χ1v) is 7.32. The van der Waals surface area contributed by atoms with E-state index in [0.717, 1.165) is 11.1 Å². The molecule has 1 aliphatic rings. The summed E-state index contributed by atoms with van der Waals surface area (Å²) >= 11 is 0. The molecule has 1 amide bonds. The first kappa shape index (κ1) is 15.3. The van der Waals surface area contributed by atoms with Gasteiger partial charge in [0, 0.05) is 23.5 Å². The van der Waals surface area contributed by atoms with Crippen molar-refractivity contribution >= 4 is 17.2 Å². The van der Waals surface area contributed by atoms with Crippen LogP contribution < -0.4 is 5.06 Å². The summed E-state index contributed by atoms with van der Waals surface area (Å²) in [5.74, 6) is -1.37. The summed E-state index contributed by atoms with van der Waals surface area (Å²) in [4.78, 5) is 20.4. The maximum Gasteiger partial charge on any atom is 0.257 e. The van der Waals surface area contributed by atoms with Gasteiger partial charge in [0.05, 0.1) is 11.6 Å². The van der Waals surface area contributed by atoms with Crippen LogP contribution in [-0.2, 0) is 4.79 Å². The zero-order valence-corrected chi connectivity index (χ0v) is 12.6. The Bertz CT molecular complexity index is 762. The molecular formula is C17H16FN3O2. The van der Waals surface area contributed by atoms with Crippen molar-refractivity contribution in [3.05, 3.63) is 59.9 Å². The minimum atomic E-state index is -0.467. The molecule has 1 N–H and O–H groups in total. The average molecular weight is 313 g/mol. The molecule has 118 valence electrons. The van der Waals surface area contributed by atoms with Crippen molar-refractivity contribution in [3.63, 3.8) is 0 Å². The smallest absolute Gasteiger partial charge is 0.257 e. The summed E-state index contributed by atoms with van der Waals surface area (Å²) in [5, 5.41) is 10.7. The molecule has 0 saturated heterocycles. The molecule has 0 aliphatic heterocycles. The Morgan fingerprint density at radius 3 is 2.83 bits per heavy atom. The van der Waals surface area contributed by atoms with E-state index in [9.17, 15) is 14.4 Å². The summed E-state index contributed by atoms with van der Waals surface area (Å²) in [7, 11) is 0. The molecule has 1 heterocycles. The van der Waals surface area contributed by atoms with E-state index < -0.39 is 17.6 Å². The van der Waals surface area contributed by atoms with Gasteiger partial charge in [0.1, 0.15) is 12.1 Å². The van der Waals surface area contributed by atoms with E-state index in [4.69, 9.17) is 0 Å². The number of hydrogen-bond donors (Lipinski definition) is 1. The monoisotopic (exact) mass is 313 g/mol. The Labute approximate surface area is 133 Å². The third-order valence-corrected chi connectivity index (χ3v) is 4.05. The minimum absolute atomic E-state index is 0.167. The molecule has 1 aromatic carbocycles. The van der Waals surface area contributed by atoms with Gasteiger partial charge in [0.25, 0.3) is 5.91 Å². The number of rotatable bonds is 3. The summed E-state index contributed by atoms with van der Waals surface area (Å²) < 4.78 is 13.6. The normalized spacial score (nSPS) is 17.0. The molecule has 3 rings (SSSR count). The Morgan fingerprint density at radius 2 is 2.09 bits per heavy atom. The van der Waals surface area contributed by atoms with Gasteiger partial charge in [0.15, 0.2) is 0 Å². The van der Waals surface area contributed by atoms with Crippen molar-refractivity contribution in [1.29, 1.82) is 0 Å². The van der Waals surface area contributed by atoms with Crippen LogP contribution in [-0.4, -0.2) is 21.1 Å². The van der Waals surface area contributed by atoms with E-state index >= 15 is 0 Å². The molecule has 0 saturated carbocycles.